The Labute approximate surface area is 114 Å². The molecule has 1 atom stereocenters. The zero-order valence-electron chi connectivity index (χ0n) is 11.3. The van der Waals surface area contributed by atoms with Crippen LogP contribution in [-0.2, 0) is 6.42 Å². The third-order valence-corrected chi connectivity index (χ3v) is 3.91. The summed E-state index contributed by atoms with van der Waals surface area (Å²) in [4.78, 5) is 7.40. The molecule has 1 unspecified atom stereocenters. The molecule has 0 aliphatic carbocycles. The molecule has 0 amide bonds. The fraction of sp³-hybridized carbons (Fsp3) is 0.533. The largest absolute Gasteiger partial charge is 0.345 e. The molecule has 19 heavy (non-hydrogen) atoms. The Hall–Kier alpha value is -1.39. The Morgan fingerprint density at radius 2 is 2.37 bits per heavy atom. The predicted molar refractivity (Wildman–Crippen MR) is 78.3 cm³/mol. The molecule has 102 valence electrons. The van der Waals surface area contributed by atoms with E-state index >= 15 is 0 Å². The lowest BCUT2D eigenvalue weighted by molar-refractivity contribution is 0.361. The van der Waals surface area contributed by atoms with E-state index in [1.54, 1.807) is 6.33 Å². The SMILES string of the molecule is c1nc2ccc(CCNCC3CCCNC3)cc2[nH]1. The van der Waals surface area contributed by atoms with Crippen molar-refractivity contribution in [2.45, 2.75) is 19.3 Å². The number of hydrogen-bond acceptors (Lipinski definition) is 3. The van der Waals surface area contributed by atoms with E-state index in [0.717, 1.165) is 36.5 Å². The maximum atomic E-state index is 4.24. The molecule has 2 aromatic rings. The molecule has 1 saturated heterocycles. The molecule has 4 nitrogen and oxygen atoms in total. The second-order valence-electron chi connectivity index (χ2n) is 5.42. The van der Waals surface area contributed by atoms with Crippen molar-refractivity contribution in [3.05, 3.63) is 30.1 Å². The molecule has 1 aliphatic rings. The van der Waals surface area contributed by atoms with Gasteiger partial charge in [-0.15, -0.1) is 0 Å². The molecule has 4 heteroatoms. The molecule has 1 aromatic carbocycles. The van der Waals surface area contributed by atoms with Gasteiger partial charge in [-0.2, -0.15) is 0 Å². The molecule has 1 fully saturated rings. The van der Waals surface area contributed by atoms with Crippen molar-refractivity contribution in [2.75, 3.05) is 26.2 Å². The van der Waals surface area contributed by atoms with Crippen LogP contribution in [0.1, 0.15) is 18.4 Å². The van der Waals surface area contributed by atoms with E-state index in [9.17, 15) is 0 Å². The van der Waals surface area contributed by atoms with E-state index in [4.69, 9.17) is 0 Å². The van der Waals surface area contributed by atoms with E-state index in [1.165, 1.54) is 31.5 Å². The first-order valence-corrected chi connectivity index (χ1v) is 7.25. The van der Waals surface area contributed by atoms with Gasteiger partial charge in [0.15, 0.2) is 0 Å². The molecular formula is C15H22N4. The van der Waals surface area contributed by atoms with E-state index in [0.29, 0.717) is 0 Å². The number of imidazole rings is 1. The van der Waals surface area contributed by atoms with Crippen molar-refractivity contribution in [3.63, 3.8) is 0 Å². The lowest BCUT2D eigenvalue weighted by atomic mass is 10.00. The second-order valence-corrected chi connectivity index (χ2v) is 5.42. The van der Waals surface area contributed by atoms with Crippen LogP contribution >= 0.6 is 0 Å². The fourth-order valence-electron chi connectivity index (χ4n) is 2.78. The van der Waals surface area contributed by atoms with Crippen molar-refractivity contribution in [2.24, 2.45) is 5.92 Å². The second kappa shape index (κ2) is 6.17. The van der Waals surface area contributed by atoms with Crippen LogP contribution in [0.25, 0.3) is 11.0 Å². The molecule has 2 heterocycles. The Morgan fingerprint density at radius 1 is 1.37 bits per heavy atom. The predicted octanol–water partition coefficient (Wildman–Crippen LogP) is 1.69. The molecule has 1 aromatic heterocycles. The van der Waals surface area contributed by atoms with Crippen LogP contribution in [0, 0.1) is 5.92 Å². The number of piperidine rings is 1. The maximum Gasteiger partial charge on any atom is 0.0931 e. The van der Waals surface area contributed by atoms with Gasteiger partial charge in [-0.25, -0.2) is 4.98 Å². The Morgan fingerprint density at radius 3 is 3.26 bits per heavy atom. The van der Waals surface area contributed by atoms with E-state index in [1.807, 2.05) is 0 Å². The standard InChI is InChI=1S/C15H22N4/c1-2-13(9-16-6-1)10-17-7-5-12-3-4-14-15(8-12)19-11-18-14/h3-4,8,11,13,16-17H,1-2,5-7,9-10H2,(H,18,19). The van der Waals surface area contributed by atoms with Crippen molar-refractivity contribution in [3.8, 4) is 0 Å². The summed E-state index contributed by atoms with van der Waals surface area (Å²) in [5.41, 5.74) is 3.55. The highest BCUT2D eigenvalue weighted by Crippen LogP contribution is 2.12. The van der Waals surface area contributed by atoms with Crippen LogP contribution in [0.15, 0.2) is 24.5 Å². The fourth-order valence-corrected chi connectivity index (χ4v) is 2.78. The Kier molecular flexibility index (Phi) is 4.10. The normalized spacial score (nSPS) is 19.9. The molecule has 0 radical (unpaired) electrons. The van der Waals surface area contributed by atoms with Crippen LogP contribution in [-0.4, -0.2) is 36.1 Å². The molecule has 3 N–H and O–H groups in total. The van der Waals surface area contributed by atoms with Crippen molar-refractivity contribution >= 4 is 11.0 Å². The van der Waals surface area contributed by atoms with Gasteiger partial charge in [0.05, 0.1) is 17.4 Å². The number of fused-ring (bicyclic) bond motifs is 1. The summed E-state index contributed by atoms with van der Waals surface area (Å²) in [5.74, 6) is 0.809. The van der Waals surface area contributed by atoms with E-state index in [2.05, 4.69) is 38.8 Å². The van der Waals surface area contributed by atoms with Gasteiger partial charge in [-0.1, -0.05) is 6.07 Å². The summed E-state index contributed by atoms with van der Waals surface area (Å²) in [6.45, 7) is 4.56. The first-order chi connectivity index (χ1) is 9.42. The van der Waals surface area contributed by atoms with Crippen molar-refractivity contribution in [1.29, 1.82) is 0 Å². The molecule has 1 aliphatic heterocycles. The topological polar surface area (TPSA) is 52.7 Å². The lowest BCUT2D eigenvalue weighted by Crippen LogP contribution is -2.36. The highest BCUT2D eigenvalue weighted by atomic mass is 14.9. The highest BCUT2D eigenvalue weighted by molar-refractivity contribution is 5.75. The molecule has 3 rings (SSSR count). The number of rotatable bonds is 5. The lowest BCUT2D eigenvalue weighted by Gasteiger charge is -2.22. The first-order valence-electron chi connectivity index (χ1n) is 7.25. The molecule has 0 saturated carbocycles. The van der Waals surface area contributed by atoms with Crippen molar-refractivity contribution < 1.29 is 0 Å². The van der Waals surface area contributed by atoms with Crippen LogP contribution in [0.4, 0.5) is 0 Å². The van der Waals surface area contributed by atoms with Gasteiger partial charge in [0.2, 0.25) is 0 Å². The van der Waals surface area contributed by atoms with Gasteiger partial charge in [0, 0.05) is 0 Å². The molecular weight excluding hydrogens is 236 g/mol. The monoisotopic (exact) mass is 258 g/mol. The number of aromatic nitrogens is 2. The molecule has 0 spiro atoms. The van der Waals surface area contributed by atoms with Gasteiger partial charge < -0.3 is 15.6 Å². The number of H-pyrrole nitrogens is 1. The van der Waals surface area contributed by atoms with Gasteiger partial charge >= 0.3 is 0 Å². The average molecular weight is 258 g/mol. The minimum atomic E-state index is 0.809. The maximum absolute atomic E-state index is 4.24. The number of nitrogens with zero attached hydrogens (tertiary/aromatic N) is 1. The van der Waals surface area contributed by atoms with Gasteiger partial charge in [0.1, 0.15) is 0 Å². The molecule has 0 bridgehead atoms. The van der Waals surface area contributed by atoms with E-state index < -0.39 is 0 Å². The minimum Gasteiger partial charge on any atom is -0.345 e. The quantitative estimate of drug-likeness (QED) is 0.715. The number of benzene rings is 1. The number of aromatic amines is 1. The van der Waals surface area contributed by atoms with E-state index in [-0.39, 0.29) is 0 Å². The minimum absolute atomic E-state index is 0.809. The van der Waals surface area contributed by atoms with Gasteiger partial charge in [-0.3, -0.25) is 0 Å². The summed E-state index contributed by atoms with van der Waals surface area (Å²) >= 11 is 0. The van der Waals surface area contributed by atoms with Crippen LogP contribution in [0.3, 0.4) is 0 Å². The summed E-state index contributed by atoms with van der Waals surface area (Å²) in [5, 5.41) is 7.04. The smallest absolute Gasteiger partial charge is 0.0931 e. The first kappa shape index (κ1) is 12.6. The highest BCUT2D eigenvalue weighted by Gasteiger charge is 2.11. The summed E-state index contributed by atoms with van der Waals surface area (Å²) in [6, 6.07) is 6.46. The van der Waals surface area contributed by atoms with Crippen molar-refractivity contribution in [1.82, 2.24) is 20.6 Å². The summed E-state index contributed by atoms with van der Waals surface area (Å²) in [7, 11) is 0. The average Bonchev–Trinajstić information content (AvgIpc) is 2.92. The summed E-state index contributed by atoms with van der Waals surface area (Å²) < 4.78 is 0. The van der Waals surface area contributed by atoms with Crippen LogP contribution < -0.4 is 10.6 Å². The van der Waals surface area contributed by atoms with Crippen LogP contribution in [0.5, 0.6) is 0 Å². The number of hydrogen-bond donors (Lipinski definition) is 3. The number of nitrogens with one attached hydrogen (secondary N) is 3. The Bertz CT molecular complexity index is 514. The van der Waals surface area contributed by atoms with Crippen LogP contribution in [0.2, 0.25) is 0 Å². The third-order valence-electron chi connectivity index (χ3n) is 3.91. The zero-order chi connectivity index (χ0) is 12.9. The van der Waals surface area contributed by atoms with Gasteiger partial charge in [0.25, 0.3) is 0 Å². The third kappa shape index (κ3) is 3.33. The zero-order valence-corrected chi connectivity index (χ0v) is 11.3. The van der Waals surface area contributed by atoms with Gasteiger partial charge in [-0.05, 0) is 69.1 Å². The Balaban J connectivity index is 1.43. The summed E-state index contributed by atoms with van der Waals surface area (Å²) in [6.07, 6.45) is 5.51.